The average Bonchev–Trinajstić information content (AvgIpc) is 2.04. The van der Waals surface area contributed by atoms with Crippen molar-refractivity contribution < 1.29 is 14.3 Å². The molecular formula is C8H14O3. The third kappa shape index (κ3) is 1.79. The Morgan fingerprint density at radius 1 is 1.36 bits per heavy atom. The first-order valence-corrected chi connectivity index (χ1v) is 3.84. The Morgan fingerprint density at radius 3 is 2.36 bits per heavy atom. The van der Waals surface area contributed by atoms with Gasteiger partial charge in [-0.3, -0.25) is 4.79 Å². The van der Waals surface area contributed by atoms with Crippen molar-refractivity contribution in [3.8, 4) is 0 Å². The van der Waals surface area contributed by atoms with Gasteiger partial charge in [-0.1, -0.05) is 0 Å². The number of ether oxygens (including phenoxy) is 2. The Hall–Kier alpha value is -0.410. The first-order chi connectivity index (χ1) is 5.22. The van der Waals surface area contributed by atoms with E-state index in [0.29, 0.717) is 12.8 Å². The van der Waals surface area contributed by atoms with Crippen molar-refractivity contribution in [2.75, 3.05) is 14.2 Å². The van der Waals surface area contributed by atoms with Crippen LogP contribution >= 0.6 is 0 Å². The third-order valence-corrected chi connectivity index (χ3v) is 2.22. The van der Waals surface area contributed by atoms with E-state index in [0.717, 1.165) is 12.8 Å². The summed E-state index contributed by atoms with van der Waals surface area (Å²) in [7, 11) is 3.17. The number of carbonyl (C=O) groups excluding carboxylic acids is 1. The maximum absolute atomic E-state index is 11.0. The summed E-state index contributed by atoms with van der Waals surface area (Å²) in [5.41, 5.74) is 0. The van der Waals surface area contributed by atoms with Gasteiger partial charge < -0.3 is 9.47 Å². The van der Waals surface area contributed by atoms with Gasteiger partial charge in [-0.2, -0.15) is 0 Å². The molecule has 3 heteroatoms. The van der Waals surface area contributed by atoms with Crippen LogP contribution in [-0.2, 0) is 14.3 Å². The minimum Gasteiger partial charge on any atom is -0.353 e. The smallest absolute Gasteiger partial charge is 0.174 e. The molecule has 1 fully saturated rings. The summed E-state index contributed by atoms with van der Waals surface area (Å²) in [4.78, 5) is 11.0. The Kier molecular flexibility index (Phi) is 2.62. The van der Waals surface area contributed by atoms with Crippen LogP contribution in [0.4, 0.5) is 0 Å². The summed E-state index contributed by atoms with van der Waals surface area (Å²) >= 11 is 0. The standard InChI is InChI=1S/C8H14O3/c1-10-8(11-2)5-3-4-7(9)6-8/h3-6H2,1-2H3. The number of ketones is 1. The summed E-state index contributed by atoms with van der Waals surface area (Å²) in [6.07, 6.45) is 2.78. The predicted octanol–water partition coefficient (Wildman–Crippen LogP) is 1.12. The van der Waals surface area contributed by atoms with Gasteiger partial charge in [-0.05, 0) is 6.42 Å². The van der Waals surface area contributed by atoms with Crippen LogP contribution in [0, 0.1) is 0 Å². The quantitative estimate of drug-likeness (QED) is 0.565. The van der Waals surface area contributed by atoms with E-state index >= 15 is 0 Å². The maximum atomic E-state index is 11.0. The Bertz CT molecular complexity index is 149. The van der Waals surface area contributed by atoms with Gasteiger partial charge in [0.25, 0.3) is 0 Å². The van der Waals surface area contributed by atoms with Gasteiger partial charge in [-0.15, -0.1) is 0 Å². The Labute approximate surface area is 66.7 Å². The fourth-order valence-electron chi connectivity index (χ4n) is 1.46. The summed E-state index contributed by atoms with van der Waals surface area (Å²) in [5.74, 6) is -0.380. The van der Waals surface area contributed by atoms with E-state index in [1.54, 1.807) is 14.2 Å². The highest BCUT2D eigenvalue weighted by molar-refractivity contribution is 5.80. The molecule has 0 aromatic heterocycles. The van der Waals surface area contributed by atoms with Crippen LogP contribution in [0.2, 0.25) is 0 Å². The molecule has 0 aromatic rings. The van der Waals surface area contributed by atoms with Crippen molar-refractivity contribution in [3.63, 3.8) is 0 Å². The molecule has 0 heterocycles. The number of hydrogen-bond acceptors (Lipinski definition) is 3. The lowest BCUT2D eigenvalue weighted by Gasteiger charge is -2.33. The van der Waals surface area contributed by atoms with E-state index in [2.05, 4.69) is 0 Å². The molecule has 11 heavy (non-hydrogen) atoms. The topological polar surface area (TPSA) is 35.5 Å². The van der Waals surface area contributed by atoms with Crippen LogP contribution in [0.25, 0.3) is 0 Å². The van der Waals surface area contributed by atoms with Crippen molar-refractivity contribution in [1.82, 2.24) is 0 Å². The van der Waals surface area contributed by atoms with E-state index < -0.39 is 5.79 Å². The molecule has 1 aliphatic carbocycles. The fourth-order valence-corrected chi connectivity index (χ4v) is 1.46. The Morgan fingerprint density at radius 2 is 2.00 bits per heavy atom. The minimum atomic E-state index is -0.616. The first kappa shape index (κ1) is 8.68. The van der Waals surface area contributed by atoms with Gasteiger partial charge in [0.1, 0.15) is 5.78 Å². The van der Waals surface area contributed by atoms with Crippen LogP contribution in [0.5, 0.6) is 0 Å². The monoisotopic (exact) mass is 158 g/mol. The second-order valence-corrected chi connectivity index (χ2v) is 2.89. The molecule has 3 nitrogen and oxygen atoms in total. The molecule has 0 aromatic carbocycles. The molecule has 0 amide bonds. The molecule has 1 aliphatic rings. The SMILES string of the molecule is COC1(OC)CCCC(=O)C1. The second kappa shape index (κ2) is 3.32. The lowest BCUT2D eigenvalue weighted by Crippen LogP contribution is -2.39. The predicted molar refractivity (Wildman–Crippen MR) is 40.2 cm³/mol. The maximum Gasteiger partial charge on any atom is 0.174 e. The molecule has 0 spiro atoms. The van der Waals surface area contributed by atoms with E-state index in [9.17, 15) is 4.79 Å². The fraction of sp³-hybridized carbons (Fsp3) is 0.875. The summed E-state index contributed by atoms with van der Waals surface area (Å²) in [5, 5.41) is 0. The molecule has 0 aliphatic heterocycles. The number of Topliss-reactive ketones (excluding diaryl/α,β-unsaturated/α-hetero) is 1. The highest BCUT2D eigenvalue weighted by Crippen LogP contribution is 2.29. The van der Waals surface area contributed by atoms with Crippen molar-refractivity contribution in [3.05, 3.63) is 0 Å². The van der Waals surface area contributed by atoms with E-state index in [-0.39, 0.29) is 5.78 Å². The molecule has 0 bridgehead atoms. The molecule has 1 saturated carbocycles. The number of methoxy groups -OCH3 is 2. The van der Waals surface area contributed by atoms with Crippen molar-refractivity contribution in [2.24, 2.45) is 0 Å². The van der Waals surface area contributed by atoms with E-state index in [1.807, 2.05) is 0 Å². The van der Waals surface area contributed by atoms with Crippen LogP contribution in [-0.4, -0.2) is 25.8 Å². The molecule has 0 N–H and O–H groups in total. The van der Waals surface area contributed by atoms with Crippen molar-refractivity contribution in [1.29, 1.82) is 0 Å². The summed E-state index contributed by atoms with van der Waals surface area (Å²) < 4.78 is 10.3. The second-order valence-electron chi connectivity index (χ2n) is 2.89. The average molecular weight is 158 g/mol. The van der Waals surface area contributed by atoms with Gasteiger partial charge in [0, 0.05) is 27.1 Å². The summed E-state index contributed by atoms with van der Waals surface area (Å²) in [6.45, 7) is 0. The Balaban J connectivity index is 2.59. The molecule has 1 rings (SSSR count). The van der Waals surface area contributed by atoms with Crippen LogP contribution < -0.4 is 0 Å². The number of hydrogen-bond donors (Lipinski definition) is 0. The van der Waals surface area contributed by atoms with Crippen LogP contribution in [0.15, 0.2) is 0 Å². The zero-order valence-electron chi connectivity index (χ0n) is 7.05. The van der Waals surface area contributed by atoms with Gasteiger partial charge >= 0.3 is 0 Å². The highest BCUT2D eigenvalue weighted by Gasteiger charge is 2.35. The lowest BCUT2D eigenvalue weighted by molar-refractivity contribution is -0.219. The van der Waals surface area contributed by atoms with E-state index in [1.165, 1.54) is 0 Å². The zero-order valence-corrected chi connectivity index (χ0v) is 7.05. The molecule has 0 atom stereocenters. The lowest BCUT2D eigenvalue weighted by atomic mass is 9.93. The minimum absolute atomic E-state index is 0.236. The summed E-state index contributed by atoms with van der Waals surface area (Å²) in [6, 6.07) is 0. The van der Waals surface area contributed by atoms with Crippen molar-refractivity contribution >= 4 is 5.78 Å². The van der Waals surface area contributed by atoms with Gasteiger partial charge in [0.05, 0.1) is 6.42 Å². The zero-order chi connectivity index (χ0) is 8.32. The number of carbonyl (C=O) groups is 1. The van der Waals surface area contributed by atoms with Gasteiger partial charge in [-0.25, -0.2) is 0 Å². The first-order valence-electron chi connectivity index (χ1n) is 3.84. The molecule has 64 valence electrons. The molecule has 0 radical (unpaired) electrons. The van der Waals surface area contributed by atoms with Crippen molar-refractivity contribution in [2.45, 2.75) is 31.5 Å². The van der Waals surface area contributed by atoms with Crippen LogP contribution in [0.1, 0.15) is 25.7 Å². The molecular weight excluding hydrogens is 144 g/mol. The highest BCUT2D eigenvalue weighted by atomic mass is 16.7. The molecule has 0 saturated heterocycles. The number of rotatable bonds is 2. The van der Waals surface area contributed by atoms with E-state index in [4.69, 9.17) is 9.47 Å². The third-order valence-electron chi connectivity index (χ3n) is 2.22. The molecule has 0 unspecified atom stereocenters. The van der Waals surface area contributed by atoms with Gasteiger partial charge in [0.2, 0.25) is 0 Å². The van der Waals surface area contributed by atoms with Crippen LogP contribution in [0.3, 0.4) is 0 Å². The largest absolute Gasteiger partial charge is 0.353 e. The van der Waals surface area contributed by atoms with Gasteiger partial charge in [0.15, 0.2) is 5.79 Å². The normalized spacial score (nSPS) is 23.6.